The summed E-state index contributed by atoms with van der Waals surface area (Å²) in [5, 5.41) is 0. The van der Waals surface area contributed by atoms with Crippen molar-refractivity contribution in [3.8, 4) is 0 Å². The maximum absolute atomic E-state index is 3.44. The van der Waals surface area contributed by atoms with Gasteiger partial charge >= 0.3 is 0 Å². The molecule has 0 radical (unpaired) electrons. The minimum absolute atomic E-state index is 0.598. The Kier molecular flexibility index (Phi) is 3.75. The van der Waals surface area contributed by atoms with Gasteiger partial charge in [0, 0.05) is 11.4 Å². The second-order valence-electron chi connectivity index (χ2n) is 5.18. The average Bonchev–Trinajstić information content (AvgIpc) is 2.67. The molecule has 0 saturated carbocycles. The minimum Gasteiger partial charge on any atom is -0.322 e. The minimum atomic E-state index is 0.598. The van der Waals surface area contributed by atoms with Crippen LogP contribution in [-0.4, -0.2) is 4.68 Å². The quantitative estimate of drug-likeness (QED) is 0.858. The van der Waals surface area contributed by atoms with Crippen LogP contribution in [0.5, 0.6) is 0 Å². The molecular weight excluding hydrogens is 220 g/mol. The van der Waals surface area contributed by atoms with Crippen molar-refractivity contribution in [3.63, 3.8) is 0 Å². The van der Waals surface area contributed by atoms with Crippen LogP contribution in [-0.2, 0) is 6.54 Å². The summed E-state index contributed by atoms with van der Waals surface area (Å²) >= 11 is 0. The first-order chi connectivity index (χ1) is 8.58. The number of nitrogens with one attached hydrogen (secondary N) is 1. The Morgan fingerprint density at radius 3 is 2.00 bits per heavy atom. The predicted molar refractivity (Wildman–Crippen MR) is 77.5 cm³/mol. The van der Waals surface area contributed by atoms with Crippen LogP contribution >= 0.6 is 0 Å². The predicted octanol–water partition coefficient (Wildman–Crippen LogP) is 3.97. The molecule has 1 heterocycles. The third-order valence-corrected chi connectivity index (χ3v) is 3.36. The van der Waals surface area contributed by atoms with Gasteiger partial charge in [0.2, 0.25) is 0 Å². The summed E-state index contributed by atoms with van der Waals surface area (Å²) in [6.45, 7) is 9.53. The van der Waals surface area contributed by atoms with Crippen LogP contribution in [0.4, 0.5) is 0 Å². The highest BCUT2D eigenvalue weighted by Crippen LogP contribution is 2.15. The van der Waals surface area contributed by atoms with Gasteiger partial charge in [0.05, 0.1) is 6.54 Å². The molecule has 96 valence electrons. The van der Waals surface area contributed by atoms with Gasteiger partial charge in [-0.3, -0.25) is 4.68 Å². The van der Waals surface area contributed by atoms with E-state index >= 15 is 0 Å². The van der Waals surface area contributed by atoms with Crippen LogP contribution in [0.2, 0.25) is 0 Å². The second-order valence-corrected chi connectivity index (χ2v) is 5.18. The molecule has 2 nitrogen and oxygen atoms in total. The lowest BCUT2D eigenvalue weighted by Crippen LogP contribution is -2.16. The Balaban J connectivity index is 2.02. The van der Waals surface area contributed by atoms with E-state index in [0.29, 0.717) is 5.92 Å². The van der Waals surface area contributed by atoms with E-state index in [0.717, 1.165) is 6.54 Å². The van der Waals surface area contributed by atoms with Crippen molar-refractivity contribution in [1.29, 1.82) is 0 Å². The molecule has 18 heavy (non-hydrogen) atoms. The fourth-order valence-electron chi connectivity index (χ4n) is 2.11. The average molecular weight is 242 g/mol. The summed E-state index contributed by atoms with van der Waals surface area (Å²) in [6.07, 6.45) is 0. The molecule has 2 heteroatoms. The zero-order valence-corrected chi connectivity index (χ0v) is 11.7. The van der Waals surface area contributed by atoms with Gasteiger partial charge in [0.1, 0.15) is 0 Å². The summed E-state index contributed by atoms with van der Waals surface area (Å²) in [6, 6.07) is 13.1. The smallest absolute Gasteiger partial charge is 0.0564 e. The Morgan fingerprint density at radius 1 is 0.944 bits per heavy atom. The first-order valence-corrected chi connectivity index (χ1v) is 6.55. The van der Waals surface area contributed by atoms with E-state index < -0.39 is 0 Å². The maximum atomic E-state index is 3.44. The van der Waals surface area contributed by atoms with Gasteiger partial charge in [-0.1, -0.05) is 38.1 Å². The van der Waals surface area contributed by atoms with Gasteiger partial charge in [-0.15, -0.1) is 0 Å². The SMILES string of the molecule is Cc1ccc(C)n1NCc1ccc(C(C)C)cc1. The monoisotopic (exact) mass is 242 g/mol. The Morgan fingerprint density at radius 2 is 1.50 bits per heavy atom. The molecule has 0 saturated heterocycles. The molecule has 1 aromatic heterocycles. The fourth-order valence-corrected chi connectivity index (χ4v) is 2.11. The van der Waals surface area contributed by atoms with E-state index in [4.69, 9.17) is 0 Å². The summed E-state index contributed by atoms with van der Waals surface area (Å²) < 4.78 is 2.14. The largest absolute Gasteiger partial charge is 0.322 e. The first kappa shape index (κ1) is 12.7. The maximum Gasteiger partial charge on any atom is 0.0564 e. The van der Waals surface area contributed by atoms with Gasteiger partial charge in [-0.05, 0) is 43.0 Å². The second kappa shape index (κ2) is 5.30. The molecule has 2 rings (SSSR count). The van der Waals surface area contributed by atoms with Gasteiger partial charge in [-0.25, -0.2) is 0 Å². The van der Waals surface area contributed by atoms with E-state index in [9.17, 15) is 0 Å². The van der Waals surface area contributed by atoms with Crippen molar-refractivity contribution < 1.29 is 0 Å². The van der Waals surface area contributed by atoms with E-state index in [1.54, 1.807) is 0 Å². The van der Waals surface area contributed by atoms with Crippen LogP contribution in [0.3, 0.4) is 0 Å². The lowest BCUT2D eigenvalue weighted by Gasteiger charge is -2.13. The van der Waals surface area contributed by atoms with Crippen LogP contribution in [0.1, 0.15) is 42.3 Å². The van der Waals surface area contributed by atoms with Gasteiger partial charge < -0.3 is 5.43 Å². The molecule has 1 N–H and O–H groups in total. The number of rotatable bonds is 4. The van der Waals surface area contributed by atoms with Crippen molar-refractivity contribution >= 4 is 0 Å². The number of benzene rings is 1. The highest BCUT2D eigenvalue weighted by Gasteiger charge is 2.01. The molecule has 2 aromatic rings. The Bertz CT molecular complexity index is 487. The van der Waals surface area contributed by atoms with Crippen molar-refractivity contribution in [2.24, 2.45) is 0 Å². The molecule has 0 atom stereocenters. The van der Waals surface area contributed by atoms with Crippen LogP contribution in [0.15, 0.2) is 36.4 Å². The van der Waals surface area contributed by atoms with Gasteiger partial charge in [-0.2, -0.15) is 0 Å². The van der Waals surface area contributed by atoms with Crippen LogP contribution < -0.4 is 5.43 Å². The lowest BCUT2D eigenvalue weighted by molar-refractivity contribution is 0.791. The lowest BCUT2D eigenvalue weighted by atomic mass is 10.0. The molecule has 0 aliphatic carbocycles. The summed E-state index contributed by atoms with van der Waals surface area (Å²) in [7, 11) is 0. The summed E-state index contributed by atoms with van der Waals surface area (Å²) in [5.41, 5.74) is 8.63. The molecule has 0 spiro atoms. The number of hydrogen-bond acceptors (Lipinski definition) is 1. The van der Waals surface area contributed by atoms with Gasteiger partial charge in [0.25, 0.3) is 0 Å². The van der Waals surface area contributed by atoms with Crippen LogP contribution in [0, 0.1) is 13.8 Å². The summed E-state index contributed by atoms with van der Waals surface area (Å²) in [5.74, 6) is 0.598. The fraction of sp³-hybridized carbons (Fsp3) is 0.375. The number of aromatic nitrogens is 1. The van der Waals surface area contributed by atoms with E-state index in [-0.39, 0.29) is 0 Å². The third-order valence-electron chi connectivity index (χ3n) is 3.36. The highest BCUT2D eigenvalue weighted by molar-refractivity contribution is 5.25. The zero-order valence-electron chi connectivity index (χ0n) is 11.7. The summed E-state index contributed by atoms with van der Waals surface area (Å²) in [4.78, 5) is 0. The third kappa shape index (κ3) is 2.76. The number of aryl methyl sites for hydroxylation is 2. The number of hydrogen-bond donors (Lipinski definition) is 1. The normalized spacial score (nSPS) is 10.9. The molecule has 0 amide bonds. The number of nitrogens with zero attached hydrogens (tertiary/aromatic N) is 1. The van der Waals surface area contributed by atoms with Crippen molar-refractivity contribution in [2.75, 3.05) is 5.43 Å². The standard InChI is InChI=1S/C16H22N2/c1-12(2)16-9-7-15(8-10-16)11-17-18-13(3)5-6-14(18)4/h5-10,12,17H,11H2,1-4H3. The van der Waals surface area contributed by atoms with Crippen molar-refractivity contribution in [2.45, 2.75) is 40.2 Å². The molecule has 0 aliphatic rings. The van der Waals surface area contributed by atoms with Gasteiger partial charge in [0.15, 0.2) is 0 Å². The topological polar surface area (TPSA) is 17.0 Å². The Hall–Kier alpha value is -1.70. The van der Waals surface area contributed by atoms with E-state index in [1.807, 2.05) is 0 Å². The highest BCUT2D eigenvalue weighted by atomic mass is 15.4. The van der Waals surface area contributed by atoms with Crippen molar-refractivity contribution in [3.05, 3.63) is 58.9 Å². The molecule has 0 aliphatic heterocycles. The Labute approximate surface area is 110 Å². The molecule has 0 bridgehead atoms. The molecular formula is C16H22N2. The molecule has 0 fully saturated rings. The molecule has 0 unspecified atom stereocenters. The van der Waals surface area contributed by atoms with E-state index in [2.05, 4.69) is 74.2 Å². The van der Waals surface area contributed by atoms with E-state index in [1.165, 1.54) is 22.5 Å². The van der Waals surface area contributed by atoms with Crippen molar-refractivity contribution in [1.82, 2.24) is 4.68 Å². The zero-order chi connectivity index (χ0) is 13.1. The first-order valence-electron chi connectivity index (χ1n) is 6.55. The molecule has 1 aromatic carbocycles. The van der Waals surface area contributed by atoms with Crippen LogP contribution in [0.25, 0.3) is 0 Å².